The fourth-order valence-corrected chi connectivity index (χ4v) is 3.97. The van der Waals surface area contributed by atoms with E-state index in [1.165, 1.54) is 6.33 Å². The molecule has 4 aromatic heterocycles. The molecule has 0 spiro atoms. The minimum absolute atomic E-state index is 0.476. The van der Waals surface area contributed by atoms with Gasteiger partial charge in [0, 0.05) is 24.8 Å². The predicted molar refractivity (Wildman–Crippen MR) is 115 cm³/mol. The fraction of sp³-hybridized carbons (Fsp3) is 0.429. The Hall–Kier alpha value is -3.56. The maximum atomic E-state index is 6.01. The molecule has 0 bridgehead atoms. The number of anilines is 1. The van der Waals surface area contributed by atoms with Crippen LogP contribution in [-0.2, 0) is 0 Å². The van der Waals surface area contributed by atoms with E-state index in [0.717, 1.165) is 60.4 Å². The van der Waals surface area contributed by atoms with Crippen molar-refractivity contribution in [1.29, 1.82) is 0 Å². The molecule has 0 aliphatic carbocycles. The molecule has 4 aromatic rings. The van der Waals surface area contributed by atoms with Crippen molar-refractivity contribution in [2.45, 2.75) is 33.6 Å². The normalized spacial score (nSPS) is 15.0. The van der Waals surface area contributed by atoms with Crippen LogP contribution in [0.4, 0.5) is 5.82 Å². The summed E-state index contributed by atoms with van der Waals surface area (Å²) in [6, 6.07) is 7.84. The second-order valence-corrected chi connectivity index (χ2v) is 8.00. The Morgan fingerprint density at radius 1 is 0.968 bits per heavy atom. The van der Waals surface area contributed by atoms with Crippen molar-refractivity contribution in [3.05, 3.63) is 47.8 Å². The smallest absolute Gasteiger partial charge is 0.218 e. The standard InChI is InChI=1S/C21H25N9O/c1-14-10-15(2)29(26-14)20-11-21(23-13-22-20)31-12-17-6-8-28(9-7-17)19-5-4-18-25-24-16(3)30(18)27-19/h4-5,10-11,13,17H,6-9,12H2,1-3H3. The number of nitrogens with zero attached hydrogens (tertiary/aromatic N) is 9. The highest BCUT2D eigenvalue weighted by Gasteiger charge is 2.22. The molecule has 1 fully saturated rings. The second kappa shape index (κ2) is 7.93. The lowest BCUT2D eigenvalue weighted by Gasteiger charge is -2.32. The van der Waals surface area contributed by atoms with Gasteiger partial charge in [0.25, 0.3) is 0 Å². The van der Waals surface area contributed by atoms with E-state index in [2.05, 4.69) is 35.3 Å². The molecule has 0 unspecified atom stereocenters. The molecule has 160 valence electrons. The van der Waals surface area contributed by atoms with Crippen LogP contribution in [0.2, 0.25) is 0 Å². The summed E-state index contributed by atoms with van der Waals surface area (Å²) in [5.41, 5.74) is 2.76. The van der Waals surface area contributed by atoms with Gasteiger partial charge in [-0.25, -0.2) is 14.6 Å². The number of ether oxygens (including phenoxy) is 1. The largest absolute Gasteiger partial charge is 0.477 e. The Balaban J connectivity index is 1.19. The monoisotopic (exact) mass is 419 g/mol. The third-order valence-corrected chi connectivity index (χ3v) is 5.66. The zero-order valence-electron chi connectivity index (χ0n) is 17.9. The van der Waals surface area contributed by atoms with Crippen molar-refractivity contribution >= 4 is 11.5 Å². The molecule has 1 saturated heterocycles. The predicted octanol–water partition coefficient (Wildman–Crippen LogP) is 2.32. The van der Waals surface area contributed by atoms with Gasteiger partial charge in [0.1, 0.15) is 12.1 Å². The quantitative estimate of drug-likeness (QED) is 0.486. The Morgan fingerprint density at radius 3 is 2.58 bits per heavy atom. The lowest BCUT2D eigenvalue weighted by atomic mass is 9.98. The molecule has 5 heterocycles. The highest BCUT2D eigenvalue weighted by atomic mass is 16.5. The van der Waals surface area contributed by atoms with Gasteiger partial charge in [-0.3, -0.25) is 0 Å². The molecule has 0 N–H and O–H groups in total. The van der Waals surface area contributed by atoms with E-state index in [4.69, 9.17) is 4.74 Å². The summed E-state index contributed by atoms with van der Waals surface area (Å²) in [5, 5.41) is 17.3. The molecule has 10 nitrogen and oxygen atoms in total. The van der Waals surface area contributed by atoms with Gasteiger partial charge in [0.2, 0.25) is 5.88 Å². The molecule has 5 rings (SSSR count). The lowest BCUT2D eigenvalue weighted by Crippen LogP contribution is -2.36. The van der Waals surface area contributed by atoms with Crippen LogP contribution in [0.3, 0.4) is 0 Å². The van der Waals surface area contributed by atoms with Crippen molar-refractivity contribution in [3.8, 4) is 11.7 Å². The highest BCUT2D eigenvalue weighted by Crippen LogP contribution is 2.23. The molecular formula is C21H25N9O. The van der Waals surface area contributed by atoms with E-state index < -0.39 is 0 Å². The number of hydrogen-bond donors (Lipinski definition) is 0. The molecule has 0 aromatic carbocycles. The van der Waals surface area contributed by atoms with Gasteiger partial charge in [-0.05, 0) is 57.7 Å². The molecule has 0 atom stereocenters. The van der Waals surface area contributed by atoms with Crippen LogP contribution >= 0.6 is 0 Å². The van der Waals surface area contributed by atoms with E-state index in [9.17, 15) is 0 Å². The Morgan fingerprint density at radius 2 is 1.81 bits per heavy atom. The number of fused-ring (bicyclic) bond motifs is 1. The van der Waals surface area contributed by atoms with E-state index in [0.29, 0.717) is 18.4 Å². The minimum atomic E-state index is 0.476. The first kappa shape index (κ1) is 19.4. The van der Waals surface area contributed by atoms with Crippen molar-refractivity contribution < 1.29 is 4.74 Å². The zero-order valence-corrected chi connectivity index (χ0v) is 17.9. The van der Waals surface area contributed by atoms with Crippen molar-refractivity contribution in [1.82, 2.24) is 39.6 Å². The van der Waals surface area contributed by atoms with Gasteiger partial charge in [-0.15, -0.1) is 15.3 Å². The van der Waals surface area contributed by atoms with Crippen molar-refractivity contribution in [2.24, 2.45) is 5.92 Å². The van der Waals surface area contributed by atoms with E-state index in [-0.39, 0.29) is 0 Å². The summed E-state index contributed by atoms with van der Waals surface area (Å²) in [5.74, 6) is 3.53. The molecule has 1 aliphatic rings. The SMILES string of the molecule is Cc1cc(C)n(-c2cc(OCC3CCN(c4ccc5nnc(C)n5n4)CC3)ncn2)n1. The van der Waals surface area contributed by atoms with Crippen LogP contribution in [0, 0.1) is 26.7 Å². The Labute approximate surface area is 179 Å². The summed E-state index contributed by atoms with van der Waals surface area (Å²) in [6.45, 7) is 8.40. The third-order valence-electron chi connectivity index (χ3n) is 5.66. The highest BCUT2D eigenvalue weighted by molar-refractivity contribution is 5.46. The summed E-state index contributed by atoms with van der Waals surface area (Å²) >= 11 is 0. The first-order chi connectivity index (χ1) is 15.1. The fourth-order valence-electron chi connectivity index (χ4n) is 3.97. The van der Waals surface area contributed by atoms with Gasteiger partial charge in [-0.1, -0.05) is 0 Å². The first-order valence-electron chi connectivity index (χ1n) is 10.5. The minimum Gasteiger partial charge on any atom is -0.477 e. The van der Waals surface area contributed by atoms with Crippen LogP contribution in [0.5, 0.6) is 5.88 Å². The van der Waals surface area contributed by atoms with Gasteiger partial charge in [0.05, 0.1) is 12.3 Å². The van der Waals surface area contributed by atoms with Gasteiger partial charge in [-0.2, -0.15) is 9.61 Å². The van der Waals surface area contributed by atoms with Crippen molar-refractivity contribution in [2.75, 3.05) is 24.6 Å². The van der Waals surface area contributed by atoms with Crippen LogP contribution in [0.15, 0.2) is 30.6 Å². The Kier molecular flexibility index (Phi) is 4.97. The van der Waals surface area contributed by atoms with Crippen molar-refractivity contribution in [3.63, 3.8) is 0 Å². The van der Waals surface area contributed by atoms with Crippen LogP contribution in [0.25, 0.3) is 11.5 Å². The molecule has 1 aliphatic heterocycles. The van der Waals surface area contributed by atoms with E-state index in [1.54, 1.807) is 4.52 Å². The summed E-state index contributed by atoms with van der Waals surface area (Å²) in [4.78, 5) is 10.9. The first-order valence-corrected chi connectivity index (χ1v) is 10.5. The number of piperidine rings is 1. The van der Waals surface area contributed by atoms with Gasteiger partial charge in [0.15, 0.2) is 17.3 Å². The molecule has 31 heavy (non-hydrogen) atoms. The lowest BCUT2D eigenvalue weighted by molar-refractivity contribution is 0.215. The summed E-state index contributed by atoms with van der Waals surface area (Å²) in [6.07, 6.45) is 3.60. The molecular weight excluding hydrogens is 394 g/mol. The molecule has 10 heteroatoms. The van der Waals surface area contributed by atoms with E-state index >= 15 is 0 Å². The number of rotatable bonds is 5. The van der Waals surface area contributed by atoms with Crippen LogP contribution < -0.4 is 9.64 Å². The Bertz CT molecular complexity index is 1210. The number of hydrogen-bond acceptors (Lipinski definition) is 8. The van der Waals surface area contributed by atoms with Crippen LogP contribution in [0.1, 0.15) is 30.1 Å². The number of aryl methyl sites for hydroxylation is 3. The maximum absolute atomic E-state index is 6.01. The number of aromatic nitrogens is 8. The molecule has 0 amide bonds. The average molecular weight is 419 g/mol. The zero-order chi connectivity index (χ0) is 21.4. The second-order valence-electron chi connectivity index (χ2n) is 8.00. The van der Waals surface area contributed by atoms with Crippen LogP contribution in [-0.4, -0.2) is 59.3 Å². The maximum Gasteiger partial charge on any atom is 0.218 e. The molecule has 0 saturated carbocycles. The van der Waals surface area contributed by atoms with Gasteiger partial charge < -0.3 is 9.64 Å². The topological polar surface area (TPSA) is 99.2 Å². The van der Waals surface area contributed by atoms with Gasteiger partial charge >= 0.3 is 0 Å². The average Bonchev–Trinajstić information content (AvgIpc) is 3.33. The summed E-state index contributed by atoms with van der Waals surface area (Å²) in [7, 11) is 0. The van der Waals surface area contributed by atoms with E-state index in [1.807, 2.05) is 49.7 Å². The third kappa shape index (κ3) is 3.92. The summed E-state index contributed by atoms with van der Waals surface area (Å²) < 4.78 is 9.61. The molecule has 0 radical (unpaired) electrons.